The molecular weight excluding hydrogens is 282 g/mol. The van der Waals surface area contributed by atoms with Crippen molar-refractivity contribution in [3.63, 3.8) is 0 Å². The van der Waals surface area contributed by atoms with Gasteiger partial charge in [0.2, 0.25) is 11.9 Å². The molecule has 0 radical (unpaired) electrons. The van der Waals surface area contributed by atoms with Crippen molar-refractivity contribution in [2.24, 2.45) is 0 Å². The highest BCUT2D eigenvalue weighted by molar-refractivity contribution is 7.99. The van der Waals surface area contributed by atoms with E-state index in [1.165, 1.54) is 22.9 Å². The van der Waals surface area contributed by atoms with E-state index in [-0.39, 0.29) is 5.95 Å². The molecule has 1 aromatic heterocycles. The van der Waals surface area contributed by atoms with Gasteiger partial charge in [0.05, 0.1) is 0 Å². The number of rotatable bonds is 5. The summed E-state index contributed by atoms with van der Waals surface area (Å²) in [5, 5.41) is 0.636. The average Bonchev–Trinajstić information content (AvgIpc) is 2.43. The second kappa shape index (κ2) is 6.76. The minimum absolute atomic E-state index is 0.263. The summed E-state index contributed by atoms with van der Waals surface area (Å²) >= 11 is 1.52. The van der Waals surface area contributed by atoms with Gasteiger partial charge in [-0.05, 0) is 51.1 Å². The fraction of sp³-hybridized carbons (Fsp3) is 0.400. The Hall–Kier alpha value is -1.82. The van der Waals surface area contributed by atoms with Crippen molar-refractivity contribution < 1.29 is 0 Å². The number of nitrogens with two attached hydrogens (primary N) is 1. The fourth-order valence-corrected chi connectivity index (χ4v) is 2.89. The summed E-state index contributed by atoms with van der Waals surface area (Å²) in [6.07, 6.45) is 0. The van der Waals surface area contributed by atoms with Crippen molar-refractivity contribution in [3.8, 4) is 0 Å². The standard InChI is InChI=1S/C15H21N5S/c1-5-20(6-2)14-17-13(16)18-15(19-14)21-12-8-7-10(3)9-11(12)4/h7-9H,5-6H2,1-4H3,(H2,16,17,18,19). The van der Waals surface area contributed by atoms with Gasteiger partial charge in [0.25, 0.3) is 0 Å². The molecule has 112 valence electrons. The minimum Gasteiger partial charge on any atom is -0.368 e. The third-order valence-electron chi connectivity index (χ3n) is 3.20. The first-order valence-electron chi connectivity index (χ1n) is 7.05. The largest absolute Gasteiger partial charge is 0.368 e. The Morgan fingerprint density at radius 1 is 1.10 bits per heavy atom. The molecule has 2 rings (SSSR count). The molecule has 0 atom stereocenters. The summed E-state index contributed by atoms with van der Waals surface area (Å²) < 4.78 is 0. The lowest BCUT2D eigenvalue weighted by molar-refractivity contribution is 0.786. The van der Waals surface area contributed by atoms with E-state index in [2.05, 4.69) is 65.7 Å². The summed E-state index contributed by atoms with van der Waals surface area (Å²) in [6.45, 7) is 9.99. The molecule has 0 fully saturated rings. The lowest BCUT2D eigenvalue weighted by atomic mass is 10.2. The first-order valence-corrected chi connectivity index (χ1v) is 7.86. The number of anilines is 2. The van der Waals surface area contributed by atoms with Gasteiger partial charge >= 0.3 is 0 Å². The molecule has 0 unspecified atom stereocenters. The zero-order chi connectivity index (χ0) is 15.4. The molecule has 0 amide bonds. The molecule has 0 bridgehead atoms. The number of nitrogens with zero attached hydrogens (tertiary/aromatic N) is 4. The van der Waals surface area contributed by atoms with Crippen LogP contribution in [-0.2, 0) is 0 Å². The average molecular weight is 303 g/mol. The van der Waals surface area contributed by atoms with E-state index in [4.69, 9.17) is 5.73 Å². The number of nitrogen functional groups attached to an aromatic ring is 1. The Morgan fingerprint density at radius 2 is 1.81 bits per heavy atom. The van der Waals surface area contributed by atoms with Gasteiger partial charge in [0, 0.05) is 18.0 Å². The van der Waals surface area contributed by atoms with Crippen molar-refractivity contribution >= 4 is 23.7 Å². The number of hydrogen-bond donors (Lipinski definition) is 1. The molecule has 1 aromatic carbocycles. The maximum absolute atomic E-state index is 5.82. The van der Waals surface area contributed by atoms with Crippen molar-refractivity contribution in [2.75, 3.05) is 23.7 Å². The molecule has 1 heterocycles. The van der Waals surface area contributed by atoms with E-state index in [0.717, 1.165) is 18.0 Å². The molecule has 0 aliphatic heterocycles. The van der Waals surface area contributed by atoms with E-state index < -0.39 is 0 Å². The summed E-state index contributed by atoms with van der Waals surface area (Å²) in [5.74, 6) is 0.902. The molecule has 0 aliphatic carbocycles. The van der Waals surface area contributed by atoms with E-state index in [1.807, 2.05) is 0 Å². The number of aryl methyl sites for hydroxylation is 2. The van der Waals surface area contributed by atoms with Crippen LogP contribution in [0.15, 0.2) is 28.3 Å². The summed E-state index contributed by atoms with van der Waals surface area (Å²) in [7, 11) is 0. The third kappa shape index (κ3) is 3.85. The van der Waals surface area contributed by atoms with E-state index in [1.54, 1.807) is 0 Å². The van der Waals surface area contributed by atoms with Crippen LogP contribution in [-0.4, -0.2) is 28.0 Å². The third-order valence-corrected chi connectivity index (χ3v) is 4.24. The second-order valence-corrected chi connectivity index (χ2v) is 5.83. The van der Waals surface area contributed by atoms with Crippen LogP contribution in [0.1, 0.15) is 25.0 Å². The van der Waals surface area contributed by atoms with Crippen LogP contribution in [0.4, 0.5) is 11.9 Å². The van der Waals surface area contributed by atoms with Crippen LogP contribution in [0.5, 0.6) is 0 Å². The topological polar surface area (TPSA) is 67.9 Å². The highest BCUT2D eigenvalue weighted by atomic mass is 32.2. The fourth-order valence-electron chi connectivity index (χ4n) is 2.07. The van der Waals surface area contributed by atoms with Crippen LogP contribution in [0.3, 0.4) is 0 Å². The van der Waals surface area contributed by atoms with E-state index in [0.29, 0.717) is 11.1 Å². The van der Waals surface area contributed by atoms with Crippen molar-refractivity contribution in [3.05, 3.63) is 29.3 Å². The van der Waals surface area contributed by atoms with Crippen molar-refractivity contribution in [1.82, 2.24) is 15.0 Å². The van der Waals surface area contributed by atoms with Gasteiger partial charge in [-0.1, -0.05) is 17.7 Å². The Morgan fingerprint density at radius 3 is 2.43 bits per heavy atom. The SMILES string of the molecule is CCN(CC)c1nc(N)nc(Sc2ccc(C)cc2C)n1. The highest BCUT2D eigenvalue weighted by Crippen LogP contribution is 2.29. The van der Waals surface area contributed by atoms with Crippen molar-refractivity contribution in [1.29, 1.82) is 0 Å². The molecule has 6 heteroatoms. The lowest BCUT2D eigenvalue weighted by Gasteiger charge is -2.18. The Bertz CT molecular complexity index is 625. The highest BCUT2D eigenvalue weighted by Gasteiger charge is 2.11. The van der Waals surface area contributed by atoms with Gasteiger partial charge in [-0.2, -0.15) is 15.0 Å². The number of aromatic nitrogens is 3. The predicted molar refractivity (Wildman–Crippen MR) is 87.8 cm³/mol. The van der Waals surface area contributed by atoms with Gasteiger partial charge in [0.15, 0.2) is 5.16 Å². The second-order valence-electron chi connectivity index (χ2n) is 4.82. The van der Waals surface area contributed by atoms with E-state index >= 15 is 0 Å². The predicted octanol–water partition coefficient (Wildman–Crippen LogP) is 3.07. The summed E-state index contributed by atoms with van der Waals surface area (Å²) in [5.41, 5.74) is 8.28. The molecule has 5 nitrogen and oxygen atoms in total. The van der Waals surface area contributed by atoms with Gasteiger partial charge < -0.3 is 10.6 Å². The van der Waals surface area contributed by atoms with Crippen LogP contribution in [0.25, 0.3) is 0 Å². The minimum atomic E-state index is 0.263. The zero-order valence-electron chi connectivity index (χ0n) is 12.9. The molecule has 0 saturated carbocycles. The maximum atomic E-state index is 5.82. The van der Waals surface area contributed by atoms with E-state index in [9.17, 15) is 0 Å². The molecule has 0 saturated heterocycles. The molecule has 0 spiro atoms. The van der Waals surface area contributed by atoms with Gasteiger partial charge in [-0.15, -0.1) is 0 Å². The van der Waals surface area contributed by atoms with Gasteiger partial charge in [-0.25, -0.2) is 0 Å². The molecule has 2 aromatic rings. The first kappa shape index (κ1) is 15.6. The van der Waals surface area contributed by atoms with Gasteiger partial charge in [0.1, 0.15) is 0 Å². The first-order chi connectivity index (χ1) is 10.0. The number of hydrogen-bond acceptors (Lipinski definition) is 6. The summed E-state index contributed by atoms with van der Waals surface area (Å²) in [4.78, 5) is 16.2. The molecular formula is C15H21N5S. The number of benzene rings is 1. The van der Waals surface area contributed by atoms with Crippen molar-refractivity contribution in [2.45, 2.75) is 37.7 Å². The molecule has 21 heavy (non-hydrogen) atoms. The quantitative estimate of drug-likeness (QED) is 0.915. The Balaban J connectivity index is 2.31. The van der Waals surface area contributed by atoms with Gasteiger partial charge in [-0.3, -0.25) is 0 Å². The smallest absolute Gasteiger partial charge is 0.231 e. The monoisotopic (exact) mass is 303 g/mol. The summed E-state index contributed by atoms with van der Waals surface area (Å²) in [6, 6.07) is 6.33. The Labute approximate surface area is 130 Å². The normalized spacial score (nSPS) is 10.7. The zero-order valence-corrected chi connectivity index (χ0v) is 13.7. The maximum Gasteiger partial charge on any atom is 0.231 e. The lowest BCUT2D eigenvalue weighted by Crippen LogP contribution is -2.25. The van der Waals surface area contributed by atoms with Crippen LogP contribution in [0.2, 0.25) is 0 Å². The van der Waals surface area contributed by atoms with Crippen LogP contribution < -0.4 is 10.6 Å². The molecule has 2 N–H and O–H groups in total. The van der Waals surface area contributed by atoms with Crippen LogP contribution in [0, 0.1) is 13.8 Å². The Kier molecular flexibility index (Phi) is 5.01. The molecule has 0 aliphatic rings. The van der Waals surface area contributed by atoms with Crippen LogP contribution >= 0.6 is 11.8 Å².